The maximum Gasteiger partial charge on any atom is 0.139 e. The Morgan fingerprint density at radius 3 is 2.65 bits per heavy atom. The quantitative estimate of drug-likeness (QED) is 0.652. The van der Waals surface area contributed by atoms with Gasteiger partial charge in [-0.05, 0) is 54.6 Å². The summed E-state index contributed by atoms with van der Waals surface area (Å²) in [5.41, 5.74) is 1.64. The average molecular weight is 360 g/mol. The minimum atomic E-state index is -0.256. The molecule has 0 saturated heterocycles. The summed E-state index contributed by atoms with van der Waals surface area (Å²) in [5.74, 6) is 1.22. The summed E-state index contributed by atoms with van der Waals surface area (Å²) in [6.45, 7) is 4.10. The third kappa shape index (κ3) is 2.27. The van der Waals surface area contributed by atoms with E-state index in [0.717, 1.165) is 16.9 Å². The van der Waals surface area contributed by atoms with Crippen LogP contribution in [0.3, 0.4) is 0 Å². The van der Waals surface area contributed by atoms with Crippen molar-refractivity contribution in [3.05, 3.63) is 28.2 Å². The van der Waals surface area contributed by atoms with E-state index >= 15 is 0 Å². The Morgan fingerprint density at radius 2 is 2.10 bits per heavy atom. The molecule has 1 fully saturated rings. The van der Waals surface area contributed by atoms with E-state index in [2.05, 4.69) is 32.4 Å². The first-order valence-electron chi connectivity index (χ1n) is 7.00. The summed E-state index contributed by atoms with van der Waals surface area (Å²) in [7, 11) is 0. The molecule has 1 aromatic carbocycles. The van der Waals surface area contributed by atoms with Crippen molar-refractivity contribution in [2.24, 2.45) is 5.92 Å². The fourth-order valence-corrected chi connectivity index (χ4v) is 3.44. The van der Waals surface area contributed by atoms with E-state index in [0.29, 0.717) is 16.4 Å². The summed E-state index contributed by atoms with van der Waals surface area (Å²) < 4.78 is 16.5. The molecular formula is C15H17BrClFN2. The van der Waals surface area contributed by atoms with E-state index < -0.39 is 0 Å². The van der Waals surface area contributed by atoms with Gasteiger partial charge in [0.25, 0.3) is 0 Å². The van der Waals surface area contributed by atoms with Crippen LogP contribution in [0.15, 0.2) is 16.6 Å². The van der Waals surface area contributed by atoms with E-state index in [1.54, 1.807) is 12.1 Å². The van der Waals surface area contributed by atoms with Crippen LogP contribution < -0.4 is 0 Å². The molecule has 0 bridgehead atoms. The summed E-state index contributed by atoms with van der Waals surface area (Å²) in [4.78, 5) is 4.61. The predicted molar refractivity (Wildman–Crippen MR) is 83.7 cm³/mol. The highest BCUT2D eigenvalue weighted by Crippen LogP contribution is 2.40. The monoisotopic (exact) mass is 358 g/mol. The summed E-state index contributed by atoms with van der Waals surface area (Å²) in [6, 6.07) is 3.60. The van der Waals surface area contributed by atoms with E-state index in [4.69, 9.17) is 11.6 Å². The van der Waals surface area contributed by atoms with Gasteiger partial charge in [-0.25, -0.2) is 9.37 Å². The number of benzene rings is 1. The molecule has 1 aliphatic carbocycles. The molecule has 0 N–H and O–H groups in total. The molecule has 5 heteroatoms. The zero-order chi connectivity index (χ0) is 14.4. The third-order valence-corrected chi connectivity index (χ3v) is 5.16. The zero-order valence-corrected chi connectivity index (χ0v) is 13.9. The Labute approximate surface area is 131 Å². The molecule has 2 nitrogen and oxygen atoms in total. The molecule has 0 spiro atoms. The molecule has 2 aromatic rings. The molecule has 108 valence electrons. The van der Waals surface area contributed by atoms with Crippen LogP contribution >= 0.6 is 27.5 Å². The number of fused-ring (bicyclic) bond motifs is 1. The topological polar surface area (TPSA) is 17.8 Å². The van der Waals surface area contributed by atoms with Gasteiger partial charge in [0.05, 0.1) is 20.9 Å². The highest BCUT2D eigenvalue weighted by molar-refractivity contribution is 9.10. The van der Waals surface area contributed by atoms with Gasteiger partial charge in [0, 0.05) is 12.1 Å². The summed E-state index contributed by atoms with van der Waals surface area (Å²) in [5, 5.41) is -0.188. The van der Waals surface area contributed by atoms with E-state index in [1.807, 2.05) is 6.92 Å². The second-order valence-corrected chi connectivity index (χ2v) is 7.15. The van der Waals surface area contributed by atoms with Crippen molar-refractivity contribution >= 4 is 38.6 Å². The van der Waals surface area contributed by atoms with Gasteiger partial charge in [-0.1, -0.05) is 6.42 Å². The van der Waals surface area contributed by atoms with Gasteiger partial charge in [0.1, 0.15) is 11.6 Å². The average Bonchev–Trinajstić information content (AvgIpc) is 2.66. The maximum atomic E-state index is 13.9. The van der Waals surface area contributed by atoms with Crippen LogP contribution in [0.2, 0.25) is 0 Å². The number of halogens is 3. The lowest BCUT2D eigenvalue weighted by Crippen LogP contribution is -2.24. The van der Waals surface area contributed by atoms with Crippen molar-refractivity contribution < 1.29 is 4.39 Å². The molecule has 2 unspecified atom stereocenters. The minimum absolute atomic E-state index is 0.188. The normalized spacial score (nSPS) is 19.1. The lowest BCUT2D eigenvalue weighted by atomic mass is 9.80. The molecule has 0 aliphatic heterocycles. The molecule has 0 radical (unpaired) electrons. The maximum absolute atomic E-state index is 13.9. The number of rotatable bonds is 3. The first-order chi connectivity index (χ1) is 9.49. The molecule has 20 heavy (non-hydrogen) atoms. The number of nitrogens with zero attached hydrogens (tertiary/aromatic N) is 2. The second kappa shape index (κ2) is 5.30. The Morgan fingerprint density at radius 1 is 1.40 bits per heavy atom. The fourth-order valence-electron chi connectivity index (χ4n) is 2.95. The van der Waals surface area contributed by atoms with Crippen LogP contribution in [0, 0.1) is 11.7 Å². The van der Waals surface area contributed by atoms with Gasteiger partial charge in [-0.2, -0.15) is 0 Å². The van der Waals surface area contributed by atoms with Gasteiger partial charge >= 0.3 is 0 Å². The number of hydrogen-bond donors (Lipinski definition) is 0. The van der Waals surface area contributed by atoms with Crippen LogP contribution in [0.5, 0.6) is 0 Å². The Kier molecular flexibility index (Phi) is 3.80. The standard InChI is InChI=1S/C15H17BrClFN2/c1-8(17)15-19-13-6-11(16)12(18)7-14(13)20(15)9(2)10-4-3-5-10/h6-10H,3-5H2,1-2H3. The predicted octanol–water partition coefficient (Wildman–Crippen LogP) is 5.60. The fraction of sp³-hybridized carbons (Fsp3) is 0.533. The highest BCUT2D eigenvalue weighted by atomic mass is 79.9. The van der Waals surface area contributed by atoms with Crippen LogP contribution in [0.25, 0.3) is 11.0 Å². The second-order valence-electron chi connectivity index (χ2n) is 5.64. The van der Waals surface area contributed by atoms with Crippen LogP contribution in [-0.4, -0.2) is 9.55 Å². The van der Waals surface area contributed by atoms with E-state index in [9.17, 15) is 4.39 Å². The Hall–Kier alpha value is -0.610. The minimum Gasteiger partial charge on any atom is -0.324 e. The summed E-state index contributed by atoms with van der Waals surface area (Å²) in [6.07, 6.45) is 3.75. The third-order valence-electron chi connectivity index (χ3n) is 4.35. The lowest BCUT2D eigenvalue weighted by Gasteiger charge is -2.33. The first-order valence-corrected chi connectivity index (χ1v) is 8.23. The van der Waals surface area contributed by atoms with E-state index in [-0.39, 0.29) is 11.2 Å². The van der Waals surface area contributed by atoms with Crippen LogP contribution in [0.1, 0.15) is 50.4 Å². The van der Waals surface area contributed by atoms with Gasteiger partial charge in [-0.3, -0.25) is 0 Å². The zero-order valence-electron chi connectivity index (χ0n) is 11.5. The van der Waals surface area contributed by atoms with Gasteiger partial charge in [0.15, 0.2) is 0 Å². The molecular weight excluding hydrogens is 343 g/mol. The smallest absolute Gasteiger partial charge is 0.139 e. The SMILES string of the molecule is CC(Cl)c1nc2cc(Br)c(F)cc2n1C(C)C1CCC1. The van der Waals surface area contributed by atoms with Crippen molar-refractivity contribution in [1.82, 2.24) is 9.55 Å². The number of aromatic nitrogens is 2. The number of hydrogen-bond acceptors (Lipinski definition) is 1. The molecule has 2 atom stereocenters. The molecule has 1 heterocycles. The number of alkyl halides is 1. The van der Waals surface area contributed by atoms with Gasteiger partial charge in [-0.15, -0.1) is 11.6 Å². The van der Waals surface area contributed by atoms with Crippen LogP contribution in [-0.2, 0) is 0 Å². The molecule has 0 amide bonds. The van der Waals surface area contributed by atoms with Gasteiger partial charge < -0.3 is 4.57 Å². The Bertz CT molecular complexity index is 649. The van der Waals surface area contributed by atoms with Crippen molar-refractivity contribution in [1.29, 1.82) is 0 Å². The van der Waals surface area contributed by atoms with Crippen molar-refractivity contribution in [2.75, 3.05) is 0 Å². The number of imidazole rings is 1. The molecule has 1 aromatic heterocycles. The van der Waals surface area contributed by atoms with Crippen molar-refractivity contribution in [2.45, 2.75) is 44.5 Å². The van der Waals surface area contributed by atoms with Gasteiger partial charge in [0.2, 0.25) is 0 Å². The van der Waals surface area contributed by atoms with Crippen molar-refractivity contribution in [3.8, 4) is 0 Å². The highest BCUT2D eigenvalue weighted by Gasteiger charge is 2.29. The molecule has 1 saturated carbocycles. The van der Waals surface area contributed by atoms with Crippen LogP contribution in [0.4, 0.5) is 4.39 Å². The first kappa shape index (κ1) is 14.3. The Balaban J connectivity index is 2.20. The molecule has 3 rings (SSSR count). The lowest BCUT2D eigenvalue weighted by molar-refractivity contribution is 0.222. The largest absolute Gasteiger partial charge is 0.324 e. The molecule has 1 aliphatic rings. The van der Waals surface area contributed by atoms with E-state index in [1.165, 1.54) is 19.3 Å². The van der Waals surface area contributed by atoms with Crippen molar-refractivity contribution in [3.63, 3.8) is 0 Å². The summed E-state index contributed by atoms with van der Waals surface area (Å²) >= 11 is 9.50.